The van der Waals surface area contributed by atoms with Gasteiger partial charge in [0, 0.05) is 13.1 Å². The molecule has 6 heteroatoms. The summed E-state index contributed by atoms with van der Waals surface area (Å²) in [6.45, 7) is 3.05. The number of hydrogen-bond donors (Lipinski definition) is 1. The zero-order valence-electron chi connectivity index (χ0n) is 11.0. The van der Waals surface area contributed by atoms with E-state index in [1.165, 1.54) is 0 Å². The summed E-state index contributed by atoms with van der Waals surface area (Å²) in [5.74, 6) is 1.11. The Kier molecular flexibility index (Phi) is 4.87. The summed E-state index contributed by atoms with van der Waals surface area (Å²) in [5.41, 5.74) is 0. The molecule has 1 aliphatic rings. The molecule has 0 aliphatic heterocycles. The summed E-state index contributed by atoms with van der Waals surface area (Å²) >= 11 is 0. The minimum Gasteiger partial charge on any atom is -0.335 e. The Balaban J connectivity index is 2.37. The van der Waals surface area contributed by atoms with Crippen molar-refractivity contribution in [2.45, 2.75) is 45.3 Å². The van der Waals surface area contributed by atoms with Gasteiger partial charge in [0.1, 0.15) is 6.54 Å². The lowest BCUT2D eigenvalue weighted by molar-refractivity contribution is -0.137. The van der Waals surface area contributed by atoms with Gasteiger partial charge in [-0.25, -0.2) is 4.79 Å². The minimum absolute atomic E-state index is 0.0144. The van der Waals surface area contributed by atoms with Gasteiger partial charge in [-0.15, -0.1) is 0 Å². The van der Waals surface area contributed by atoms with Crippen LogP contribution >= 0.6 is 0 Å². The van der Waals surface area contributed by atoms with E-state index in [1.807, 2.05) is 0 Å². The van der Waals surface area contributed by atoms with E-state index in [1.54, 1.807) is 0 Å². The van der Waals surface area contributed by atoms with Crippen LogP contribution in [0.1, 0.15) is 33.1 Å². The van der Waals surface area contributed by atoms with Crippen molar-refractivity contribution < 1.29 is 18.0 Å². The van der Waals surface area contributed by atoms with E-state index >= 15 is 0 Å². The van der Waals surface area contributed by atoms with Crippen molar-refractivity contribution in [2.24, 2.45) is 11.8 Å². The molecule has 3 nitrogen and oxygen atoms in total. The molecule has 0 radical (unpaired) electrons. The number of rotatable bonds is 3. The Bertz CT molecular complexity index is 292. The second-order valence-electron chi connectivity index (χ2n) is 5.43. The summed E-state index contributed by atoms with van der Waals surface area (Å²) in [5, 5.41) is 2.67. The lowest BCUT2D eigenvalue weighted by atomic mass is 9.94. The number of carbonyl (C=O) groups excluding carboxylic acids is 1. The van der Waals surface area contributed by atoms with Crippen LogP contribution in [-0.2, 0) is 0 Å². The standard InChI is InChI=1S/C12H21F3N2O/c1-8(2)9-4-5-10(6-9)16-11(18)17(3)7-12(13,14)15/h8-10H,4-7H2,1-3H3,(H,16,18). The fourth-order valence-electron chi connectivity index (χ4n) is 2.38. The van der Waals surface area contributed by atoms with Crippen LogP contribution in [0.15, 0.2) is 0 Å². The monoisotopic (exact) mass is 266 g/mol. The molecule has 18 heavy (non-hydrogen) atoms. The highest BCUT2D eigenvalue weighted by atomic mass is 19.4. The van der Waals surface area contributed by atoms with Crippen molar-refractivity contribution in [3.8, 4) is 0 Å². The van der Waals surface area contributed by atoms with Crippen molar-refractivity contribution in [3.63, 3.8) is 0 Å². The Morgan fingerprint density at radius 1 is 1.39 bits per heavy atom. The first-order valence-electron chi connectivity index (χ1n) is 6.27. The Morgan fingerprint density at radius 3 is 2.44 bits per heavy atom. The zero-order valence-corrected chi connectivity index (χ0v) is 11.0. The average molecular weight is 266 g/mol. The van der Waals surface area contributed by atoms with Crippen LogP contribution in [0.4, 0.5) is 18.0 Å². The van der Waals surface area contributed by atoms with Crippen molar-refractivity contribution in [1.82, 2.24) is 10.2 Å². The molecule has 0 saturated heterocycles. The molecule has 0 spiro atoms. The van der Waals surface area contributed by atoms with E-state index in [-0.39, 0.29) is 6.04 Å². The highest BCUT2D eigenvalue weighted by molar-refractivity contribution is 5.74. The van der Waals surface area contributed by atoms with Gasteiger partial charge >= 0.3 is 12.2 Å². The highest BCUT2D eigenvalue weighted by Crippen LogP contribution is 2.31. The first-order valence-corrected chi connectivity index (χ1v) is 6.27. The number of amides is 2. The fourth-order valence-corrected chi connectivity index (χ4v) is 2.38. The van der Waals surface area contributed by atoms with Crippen LogP contribution in [0.3, 0.4) is 0 Å². The molecule has 1 fully saturated rings. The number of halogens is 3. The molecule has 0 aromatic carbocycles. The van der Waals surface area contributed by atoms with Gasteiger partial charge in [-0.1, -0.05) is 13.8 Å². The molecule has 0 aromatic rings. The van der Waals surface area contributed by atoms with E-state index in [0.717, 1.165) is 26.3 Å². The van der Waals surface area contributed by atoms with Gasteiger partial charge in [0.05, 0.1) is 0 Å². The average Bonchev–Trinajstić information content (AvgIpc) is 2.63. The molecular formula is C12H21F3N2O. The maximum absolute atomic E-state index is 12.1. The Morgan fingerprint density at radius 2 is 2.00 bits per heavy atom. The quantitative estimate of drug-likeness (QED) is 0.836. The molecule has 1 rings (SSSR count). The third kappa shape index (κ3) is 4.74. The van der Waals surface area contributed by atoms with Crippen LogP contribution in [-0.4, -0.2) is 36.7 Å². The van der Waals surface area contributed by atoms with Gasteiger partial charge in [0.15, 0.2) is 0 Å². The van der Waals surface area contributed by atoms with E-state index in [2.05, 4.69) is 19.2 Å². The first kappa shape index (κ1) is 15.1. The van der Waals surface area contributed by atoms with Gasteiger partial charge in [-0.3, -0.25) is 0 Å². The second-order valence-corrected chi connectivity index (χ2v) is 5.43. The van der Waals surface area contributed by atoms with Gasteiger partial charge in [0.2, 0.25) is 0 Å². The molecule has 2 atom stereocenters. The van der Waals surface area contributed by atoms with Gasteiger partial charge < -0.3 is 10.2 Å². The summed E-state index contributed by atoms with van der Waals surface area (Å²) in [7, 11) is 1.16. The predicted molar refractivity (Wildman–Crippen MR) is 63.2 cm³/mol. The number of urea groups is 1. The molecule has 1 N–H and O–H groups in total. The van der Waals surface area contributed by atoms with Crippen LogP contribution in [0.2, 0.25) is 0 Å². The largest absolute Gasteiger partial charge is 0.406 e. The zero-order chi connectivity index (χ0) is 13.9. The van der Waals surface area contributed by atoms with Gasteiger partial charge in [0.25, 0.3) is 0 Å². The van der Waals surface area contributed by atoms with E-state index in [9.17, 15) is 18.0 Å². The minimum atomic E-state index is -4.35. The van der Waals surface area contributed by atoms with Crippen LogP contribution < -0.4 is 5.32 Å². The maximum atomic E-state index is 12.1. The lowest BCUT2D eigenvalue weighted by Gasteiger charge is -2.22. The van der Waals surface area contributed by atoms with Crippen LogP contribution in [0.5, 0.6) is 0 Å². The number of hydrogen-bond acceptors (Lipinski definition) is 1. The number of alkyl halides is 3. The Hall–Kier alpha value is -0.940. The highest BCUT2D eigenvalue weighted by Gasteiger charge is 2.33. The van der Waals surface area contributed by atoms with Gasteiger partial charge in [-0.2, -0.15) is 13.2 Å². The van der Waals surface area contributed by atoms with E-state index in [0.29, 0.717) is 16.7 Å². The lowest BCUT2D eigenvalue weighted by Crippen LogP contribution is -2.45. The topological polar surface area (TPSA) is 32.3 Å². The molecule has 1 aliphatic carbocycles. The van der Waals surface area contributed by atoms with E-state index in [4.69, 9.17) is 0 Å². The summed E-state index contributed by atoms with van der Waals surface area (Å²) in [6.07, 6.45) is -1.59. The van der Waals surface area contributed by atoms with Crippen LogP contribution in [0, 0.1) is 11.8 Å². The maximum Gasteiger partial charge on any atom is 0.406 e. The third-order valence-electron chi connectivity index (χ3n) is 3.51. The molecule has 1 saturated carbocycles. The second kappa shape index (κ2) is 5.80. The molecular weight excluding hydrogens is 245 g/mol. The molecule has 2 unspecified atom stereocenters. The van der Waals surface area contributed by atoms with Gasteiger partial charge in [-0.05, 0) is 31.1 Å². The van der Waals surface area contributed by atoms with Crippen molar-refractivity contribution in [3.05, 3.63) is 0 Å². The number of carbonyl (C=O) groups is 1. The fraction of sp³-hybridized carbons (Fsp3) is 0.917. The first-order chi connectivity index (χ1) is 8.19. The van der Waals surface area contributed by atoms with Crippen molar-refractivity contribution >= 4 is 6.03 Å². The summed E-state index contributed by atoms with van der Waals surface area (Å²) < 4.78 is 36.4. The molecule has 0 aromatic heterocycles. The molecule has 106 valence electrons. The summed E-state index contributed by atoms with van der Waals surface area (Å²) in [4.78, 5) is 12.3. The Labute approximate surface area is 106 Å². The third-order valence-corrected chi connectivity index (χ3v) is 3.51. The van der Waals surface area contributed by atoms with Crippen LogP contribution in [0.25, 0.3) is 0 Å². The normalized spacial score (nSPS) is 24.4. The number of nitrogens with one attached hydrogen (secondary N) is 1. The summed E-state index contributed by atoms with van der Waals surface area (Å²) in [6, 6.07) is -0.623. The molecule has 0 heterocycles. The predicted octanol–water partition coefficient (Wildman–Crippen LogP) is 3.01. The van der Waals surface area contributed by atoms with E-state index < -0.39 is 18.8 Å². The number of nitrogens with zero attached hydrogens (tertiary/aromatic N) is 1. The molecule has 2 amide bonds. The SMILES string of the molecule is CC(C)C1CCC(NC(=O)N(C)CC(F)(F)F)C1. The smallest absolute Gasteiger partial charge is 0.335 e. The van der Waals surface area contributed by atoms with Crippen molar-refractivity contribution in [1.29, 1.82) is 0 Å². The van der Waals surface area contributed by atoms with Crippen molar-refractivity contribution in [2.75, 3.05) is 13.6 Å². The molecule has 0 bridgehead atoms.